The van der Waals surface area contributed by atoms with Gasteiger partial charge in [0.1, 0.15) is 5.82 Å². The molecule has 0 aliphatic heterocycles. The number of aryl methyl sites for hydroxylation is 1. The number of nitrogens with one attached hydrogen (secondary N) is 2. The van der Waals surface area contributed by atoms with Crippen LogP contribution < -0.4 is 5.32 Å². The van der Waals surface area contributed by atoms with E-state index in [9.17, 15) is 4.79 Å². The minimum atomic E-state index is -0.00990. The Hall–Kier alpha value is -2.14. The van der Waals surface area contributed by atoms with E-state index < -0.39 is 0 Å². The van der Waals surface area contributed by atoms with Crippen LogP contribution in [0.25, 0.3) is 11.0 Å². The molecule has 0 spiro atoms. The quantitative estimate of drug-likeness (QED) is 0.764. The van der Waals surface area contributed by atoms with Crippen LogP contribution in [0.5, 0.6) is 0 Å². The zero-order valence-corrected chi connectivity index (χ0v) is 12.5. The predicted molar refractivity (Wildman–Crippen MR) is 83.8 cm³/mol. The summed E-state index contributed by atoms with van der Waals surface area (Å²) in [5.74, 6) is 0.854. The third kappa shape index (κ3) is 2.23. The van der Waals surface area contributed by atoms with Crippen molar-refractivity contribution in [2.75, 3.05) is 0 Å². The summed E-state index contributed by atoms with van der Waals surface area (Å²) in [4.78, 5) is 21.3. The molecule has 1 aliphatic carbocycles. The van der Waals surface area contributed by atoms with Crippen molar-refractivity contribution < 1.29 is 4.79 Å². The third-order valence-corrected chi connectivity index (χ3v) is 4.92. The Morgan fingerprint density at radius 2 is 2.29 bits per heavy atom. The number of aromatic amines is 1. The minimum absolute atomic E-state index is 0.00990. The van der Waals surface area contributed by atoms with E-state index in [1.54, 1.807) is 11.3 Å². The van der Waals surface area contributed by atoms with Crippen molar-refractivity contribution in [2.24, 2.45) is 0 Å². The first-order valence-electron chi connectivity index (χ1n) is 7.01. The molecule has 0 saturated heterocycles. The second-order valence-corrected chi connectivity index (χ2v) is 6.50. The lowest BCUT2D eigenvalue weighted by molar-refractivity contribution is 0.0939. The Bertz CT molecular complexity index is 813. The van der Waals surface area contributed by atoms with E-state index in [-0.39, 0.29) is 11.9 Å². The smallest absolute Gasteiger partial charge is 0.251 e. The lowest BCUT2D eigenvalue weighted by Gasteiger charge is -2.12. The second-order valence-electron chi connectivity index (χ2n) is 5.50. The van der Waals surface area contributed by atoms with Crippen molar-refractivity contribution in [3.8, 4) is 0 Å². The van der Waals surface area contributed by atoms with E-state index in [2.05, 4.69) is 26.7 Å². The van der Waals surface area contributed by atoms with Gasteiger partial charge in [0.15, 0.2) is 0 Å². The van der Waals surface area contributed by atoms with E-state index in [0.717, 1.165) is 29.7 Å². The lowest BCUT2D eigenvalue weighted by atomic mass is 10.1. The standard InChI is InChI=1S/C16H15N3OS/c1-9-17-13-3-2-11(7-14(13)18-9)16(20)19-12-6-10-4-5-21-15(10)8-12/h2-5,7,12H,6,8H2,1H3,(H,17,18)(H,19,20). The Morgan fingerprint density at radius 1 is 1.38 bits per heavy atom. The number of nitrogens with zero attached hydrogens (tertiary/aromatic N) is 1. The summed E-state index contributed by atoms with van der Waals surface area (Å²) < 4.78 is 0. The van der Waals surface area contributed by atoms with Gasteiger partial charge in [-0.25, -0.2) is 4.98 Å². The van der Waals surface area contributed by atoms with Crippen LogP contribution in [0.1, 0.15) is 26.6 Å². The van der Waals surface area contributed by atoms with Crippen LogP contribution in [0.3, 0.4) is 0 Å². The topological polar surface area (TPSA) is 57.8 Å². The SMILES string of the molecule is Cc1nc2ccc(C(=O)NC3Cc4ccsc4C3)cc2[nH]1. The highest BCUT2D eigenvalue weighted by molar-refractivity contribution is 7.10. The molecule has 1 unspecified atom stereocenters. The average molecular weight is 297 g/mol. The number of rotatable bonds is 2. The van der Waals surface area contributed by atoms with Gasteiger partial charge < -0.3 is 10.3 Å². The highest BCUT2D eigenvalue weighted by atomic mass is 32.1. The molecule has 3 aromatic rings. The Balaban J connectivity index is 1.52. The fraction of sp³-hybridized carbons (Fsp3) is 0.250. The van der Waals surface area contributed by atoms with E-state index in [1.165, 1.54) is 10.4 Å². The van der Waals surface area contributed by atoms with E-state index in [1.807, 2.05) is 25.1 Å². The maximum atomic E-state index is 12.4. The summed E-state index contributed by atoms with van der Waals surface area (Å²) in [7, 11) is 0. The van der Waals surface area contributed by atoms with E-state index in [0.29, 0.717) is 5.56 Å². The summed E-state index contributed by atoms with van der Waals surface area (Å²) in [5.41, 5.74) is 3.86. The molecule has 4 rings (SSSR count). The summed E-state index contributed by atoms with van der Waals surface area (Å²) in [6.45, 7) is 1.91. The first-order valence-corrected chi connectivity index (χ1v) is 7.89. The molecule has 5 heteroatoms. The van der Waals surface area contributed by atoms with Crippen LogP contribution in [-0.4, -0.2) is 21.9 Å². The summed E-state index contributed by atoms with van der Waals surface area (Å²) in [6.07, 6.45) is 1.89. The molecule has 2 aromatic heterocycles. The molecule has 4 nitrogen and oxygen atoms in total. The van der Waals surface area contributed by atoms with E-state index in [4.69, 9.17) is 0 Å². The molecular formula is C16H15N3OS. The number of fused-ring (bicyclic) bond motifs is 2. The molecular weight excluding hydrogens is 282 g/mol. The fourth-order valence-corrected chi connectivity index (χ4v) is 3.94. The van der Waals surface area contributed by atoms with Crippen LogP contribution in [-0.2, 0) is 12.8 Å². The van der Waals surface area contributed by atoms with Gasteiger partial charge in [-0.2, -0.15) is 0 Å². The van der Waals surface area contributed by atoms with Crippen LogP contribution in [0.15, 0.2) is 29.6 Å². The molecule has 0 saturated carbocycles. The van der Waals surface area contributed by atoms with Crippen molar-refractivity contribution >= 4 is 28.3 Å². The number of amides is 1. The Kier molecular flexibility index (Phi) is 2.82. The van der Waals surface area contributed by atoms with Crippen LogP contribution >= 0.6 is 11.3 Å². The van der Waals surface area contributed by atoms with Crippen LogP contribution in [0.4, 0.5) is 0 Å². The van der Waals surface area contributed by atoms with Crippen molar-refractivity contribution in [3.63, 3.8) is 0 Å². The third-order valence-electron chi connectivity index (χ3n) is 3.93. The molecule has 1 amide bonds. The van der Waals surface area contributed by atoms with Crippen molar-refractivity contribution in [1.29, 1.82) is 0 Å². The molecule has 2 N–H and O–H groups in total. The van der Waals surface area contributed by atoms with Crippen LogP contribution in [0.2, 0.25) is 0 Å². The van der Waals surface area contributed by atoms with Gasteiger partial charge in [-0.15, -0.1) is 11.3 Å². The number of carbonyl (C=O) groups excluding carboxylic acids is 1. The maximum Gasteiger partial charge on any atom is 0.251 e. The number of hydrogen-bond donors (Lipinski definition) is 2. The van der Waals surface area contributed by atoms with Gasteiger partial charge in [0.25, 0.3) is 5.91 Å². The number of imidazole rings is 1. The molecule has 2 heterocycles. The van der Waals surface area contributed by atoms with Crippen molar-refractivity contribution in [3.05, 3.63) is 51.5 Å². The summed E-state index contributed by atoms with van der Waals surface area (Å²) in [6, 6.07) is 7.97. The van der Waals surface area contributed by atoms with Gasteiger partial charge >= 0.3 is 0 Å². The van der Waals surface area contributed by atoms with Gasteiger partial charge in [0, 0.05) is 22.9 Å². The number of H-pyrrole nitrogens is 1. The molecule has 0 radical (unpaired) electrons. The predicted octanol–water partition coefficient (Wildman–Crippen LogP) is 2.83. The van der Waals surface area contributed by atoms with Gasteiger partial charge in [0.05, 0.1) is 11.0 Å². The number of thiophene rings is 1. The van der Waals surface area contributed by atoms with Crippen molar-refractivity contribution in [2.45, 2.75) is 25.8 Å². The van der Waals surface area contributed by atoms with Gasteiger partial charge in [0.2, 0.25) is 0 Å². The number of benzene rings is 1. The highest BCUT2D eigenvalue weighted by Gasteiger charge is 2.24. The van der Waals surface area contributed by atoms with Crippen LogP contribution in [0, 0.1) is 6.92 Å². The lowest BCUT2D eigenvalue weighted by Crippen LogP contribution is -2.35. The van der Waals surface area contributed by atoms with E-state index >= 15 is 0 Å². The first-order chi connectivity index (χ1) is 10.2. The van der Waals surface area contributed by atoms with Gasteiger partial charge in [-0.3, -0.25) is 4.79 Å². The zero-order valence-electron chi connectivity index (χ0n) is 11.6. The molecule has 1 aromatic carbocycles. The molecule has 0 fully saturated rings. The molecule has 0 bridgehead atoms. The van der Waals surface area contributed by atoms with Gasteiger partial charge in [-0.1, -0.05) is 0 Å². The van der Waals surface area contributed by atoms with Crippen molar-refractivity contribution in [1.82, 2.24) is 15.3 Å². The maximum absolute atomic E-state index is 12.4. The number of carbonyl (C=O) groups is 1. The molecule has 1 atom stereocenters. The monoisotopic (exact) mass is 297 g/mol. The first kappa shape index (κ1) is 12.6. The number of hydrogen-bond acceptors (Lipinski definition) is 3. The minimum Gasteiger partial charge on any atom is -0.349 e. The fourth-order valence-electron chi connectivity index (χ4n) is 2.94. The normalized spacial score (nSPS) is 17.1. The molecule has 1 aliphatic rings. The van der Waals surface area contributed by atoms with Gasteiger partial charge in [-0.05, 0) is 48.6 Å². The summed E-state index contributed by atoms with van der Waals surface area (Å²) in [5, 5.41) is 5.26. The largest absolute Gasteiger partial charge is 0.349 e. The summed E-state index contributed by atoms with van der Waals surface area (Å²) >= 11 is 1.78. The molecule has 106 valence electrons. The Morgan fingerprint density at radius 3 is 3.14 bits per heavy atom. The molecule has 21 heavy (non-hydrogen) atoms. The Labute approximate surface area is 126 Å². The number of aromatic nitrogens is 2. The second kappa shape index (κ2) is 4.70. The zero-order chi connectivity index (χ0) is 14.4. The highest BCUT2D eigenvalue weighted by Crippen LogP contribution is 2.27. The average Bonchev–Trinajstić information content (AvgIpc) is 3.10.